The Morgan fingerprint density at radius 3 is 2.65 bits per heavy atom. The molecule has 1 aliphatic heterocycles. The Morgan fingerprint density at radius 2 is 1.90 bits per heavy atom. The molecular weight excluding hydrogens is 394 g/mol. The maximum Gasteiger partial charge on any atom is 0.335 e. The van der Waals surface area contributed by atoms with Crippen molar-refractivity contribution in [3.8, 4) is 11.5 Å². The molecule has 0 aliphatic carbocycles. The molecule has 0 N–H and O–H groups in total. The second kappa shape index (κ2) is 11.6. The van der Waals surface area contributed by atoms with E-state index in [1.807, 2.05) is 55.5 Å². The van der Waals surface area contributed by atoms with Crippen LogP contribution in [0, 0.1) is 0 Å². The van der Waals surface area contributed by atoms with Crippen LogP contribution in [-0.2, 0) is 20.7 Å². The highest BCUT2D eigenvalue weighted by molar-refractivity contribution is 5.75. The van der Waals surface area contributed by atoms with Gasteiger partial charge in [0, 0.05) is 13.0 Å². The number of ether oxygens (including phenoxy) is 4. The predicted octanol–water partition coefficient (Wildman–Crippen LogP) is 4.60. The Bertz CT molecular complexity index is 823. The van der Waals surface area contributed by atoms with Crippen LogP contribution in [0.25, 0.3) is 0 Å². The fourth-order valence-corrected chi connectivity index (χ4v) is 3.56. The van der Waals surface area contributed by atoms with Crippen molar-refractivity contribution in [3.05, 3.63) is 54.1 Å². The fraction of sp³-hybridized carbons (Fsp3) is 0.480. The van der Waals surface area contributed by atoms with E-state index < -0.39 is 6.10 Å². The SMILES string of the molecule is CCCCOC(Cc1ccc(OC(C)N2CCOc3ccccc32)cc1)C(=O)OCC. The predicted molar refractivity (Wildman–Crippen MR) is 121 cm³/mol. The molecule has 0 aromatic heterocycles. The molecule has 2 atom stereocenters. The molecule has 3 rings (SSSR count). The lowest BCUT2D eigenvalue weighted by Gasteiger charge is -2.35. The van der Waals surface area contributed by atoms with Crippen molar-refractivity contribution >= 4 is 11.7 Å². The highest BCUT2D eigenvalue weighted by atomic mass is 16.6. The van der Waals surface area contributed by atoms with Gasteiger partial charge in [-0.15, -0.1) is 0 Å². The van der Waals surface area contributed by atoms with Crippen molar-refractivity contribution in [1.29, 1.82) is 0 Å². The van der Waals surface area contributed by atoms with Gasteiger partial charge in [0.2, 0.25) is 0 Å². The molecule has 2 aromatic rings. The van der Waals surface area contributed by atoms with Crippen molar-refractivity contribution in [1.82, 2.24) is 0 Å². The van der Waals surface area contributed by atoms with E-state index in [2.05, 4.69) is 11.8 Å². The first-order valence-electron chi connectivity index (χ1n) is 11.1. The summed E-state index contributed by atoms with van der Waals surface area (Å²) in [4.78, 5) is 14.4. The molecule has 6 nitrogen and oxygen atoms in total. The summed E-state index contributed by atoms with van der Waals surface area (Å²) in [6.45, 7) is 8.25. The second-order valence-corrected chi connectivity index (χ2v) is 7.54. The third-order valence-corrected chi connectivity index (χ3v) is 5.22. The van der Waals surface area contributed by atoms with Crippen LogP contribution in [0.5, 0.6) is 11.5 Å². The Balaban J connectivity index is 1.61. The average molecular weight is 428 g/mol. The first-order valence-corrected chi connectivity index (χ1v) is 11.1. The van der Waals surface area contributed by atoms with Gasteiger partial charge in [-0.3, -0.25) is 0 Å². The minimum atomic E-state index is -0.581. The molecule has 0 fully saturated rings. The van der Waals surface area contributed by atoms with E-state index in [1.165, 1.54) is 0 Å². The number of esters is 1. The molecule has 0 spiro atoms. The van der Waals surface area contributed by atoms with E-state index in [0.29, 0.717) is 26.2 Å². The van der Waals surface area contributed by atoms with Gasteiger partial charge in [0.1, 0.15) is 18.1 Å². The van der Waals surface area contributed by atoms with Crippen molar-refractivity contribution < 1.29 is 23.7 Å². The number of para-hydroxylation sites is 2. The fourth-order valence-electron chi connectivity index (χ4n) is 3.56. The second-order valence-electron chi connectivity index (χ2n) is 7.54. The quantitative estimate of drug-likeness (QED) is 0.386. The van der Waals surface area contributed by atoms with Crippen LogP contribution in [0.3, 0.4) is 0 Å². The van der Waals surface area contributed by atoms with Gasteiger partial charge in [0.05, 0.1) is 18.8 Å². The first kappa shape index (κ1) is 22.9. The largest absolute Gasteiger partial charge is 0.490 e. The molecule has 0 bridgehead atoms. The molecule has 1 heterocycles. The van der Waals surface area contributed by atoms with Gasteiger partial charge >= 0.3 is 5.97 Å². The summed E-state index contributed by atoms with van der Waals surface area (Å²) in [6, 6.07) is 15.8. The molecular formula is C25H33NO5. The summed E-state index contributed by atoms with van der Waals surface area (Å²) in [5.74, 6) is 1.35. The van der Waals surface area contributed by atoms with E-state index in [-0.39, 0.29) is 12.2 Å². The Morgan fingerprint density at radius 1 is 1.13 bits per heavy atom. The maximum absolute atomic E-state index is 12.2. The van der Waals surface area contributed by atoms with Crippen LogP contribution >= 0.6 is 0 Å². The van der Waals surface area contributed by atoms with Gasteiger partial charge in [0.25, 0.3) is 0 Å². The van der Waals surface area contributed by atoms with Crippen LogP contribution in [-0.4, -0.2) is 44.7 Å². The molecule has 168 valence electrons. The number of benzene rings is 2. The van der Waals surface area contributed by atoms with Crippen molar-refractivity contribution in [2.45, 2.75) is 52.4 Å². The van der Waals surface area contributed by atoms with Gasteiger partial charge in [-0.2, -0.15) is 0 Å². The lowest BCUT2D eigenvalue weighted by Crippen LogP contribution is -2.42. The molecule has 1 aliphatic rings. The number of hydrogen-bond donors (Lipinski definition) is 0. The van der Waals surface area contributed by atoms with Crippen LogP contribution in [0.4, 0.5) is 5.69 Å². The van der Waals surface area contributed by atoms with Crippen LogP contribution < -0.4 is 14.4 Å². The zero-order valence-electron chi connectivity index (χ0n) is 18.7. The number of fused-ring (bicyclic) bond motifs is 1. The first-order chi connectivity index (χ1) is 15.1. The molecule has 6 heteroatoms. The average Bonchev–Trinajstić information content (AvgIpc) is 2.79. The van der Waals surface area contributed by atoms with Crippen LogP contribution in [0.1, 0.15) is 39.2 Å². The van der Waals surface area contributed by atoms with E-state index in [0.717, 1.165) is 42.1 Å². The topological polar surface area (TPSA) is 57.2 Å². The van der Waals surface area contributed by atoms with Crippen molar-refractivity contribution in [2.75, 3.05) is 31.3 Å². The lowest BCUT2D eigenvalue weighted by molar-refractivity contribution is -0.156. The smallest absolute Gasteiger partial charge is 0.335 e. The Labute approximate surface area is 185 Å². The highest BCUT2D eigenvalue weighted by Crippen LogP contribution is 2.32. The summed E-state index contributed by atoms with van der Waals surface area (Å²) >= 11 is 0. The normalized spacial score (nSPS) is 14.9. The number of hydrogen-bond acceptors (Lipinski definition) is 6. The van der Waals surface area contributed by atoms with Gasteiger partial charge in [-0.1, -0.05) is 37.6 Å². The van der Waals surface area contributed by atoms with Crippen molar-refractivity contribution in [2.24, 2.45) is 0 Å². The minimum Gasteiger partial charge on any atom is -0.490 e. The van der Waals surface area contributed by atoms with E-state index in [1.54, 1.807) is 6.92 Å². The van der Waals surface area contributed by atoms with Crippen molar-refractivity contribution in [3.63, 3.8) is 0 Å². The molecule has 31 heavy (non-hydrogen) atoms. The van der Waals surface area contributed by atoms with Gasteiger partial charge in [-0.05, 0) is 50.1 Å². The van der Waals surface area contributed by atoms with Gasteiger partial charge < -0.3 is 23.8 Å². The summed E-state index contributed by atoms with van der Waals surface area (Å²) in [5, 5.41) is 0. The molecule has 0 amide bonds. The molecule has 2 unspecified atom stereocenters. The summed E-state index contributed by atoms with van der Waals surface area (Å²) in [5.41, 5.74) is 2.05. The van der Waals surface area contributed by atoms with Gasteiger partial charge in [0.15, 0.2) is 12.3 Å². The monoisotopic (exact) mass is 427 g/mol. The number of rotatable bonds is 11. The Hall–Kier alpha value is -2.73. The van der Waals surface area contributed by atoms with E-state index in [9.17, 15) is 4.79 Å². The summed E-state index contributed by atoms with van der Waals surface area (Å²) in [6.07, 6.45) is 1.70. The molecule has 2 aromatic carbocycles. The number of carbonyl (C=O) groups is 1. The Kier molecular flexibility index (Phi) is 8.59. The number of anilines is 1. The minimum absolute atomic E-state index is 0.138. The summed E-state index contributed by atoms with van der Waals surface area (Å²) in [7, 11) is 0. The number of unbranched alkanes of at least 4 members (excludes halogenated alkanes) is 1. The molecule has 0 saturated heterocycles. The lowest BCUT2D eigenvalue weighted by atomic mass is 10.1. The molecule has 0 radical (unpaired) electrons. The molecule has 0 saturated carbocycles. The standard InChI is InChI=1S/C25H33NO5/c1-4-6-16-29-24(25(27)28-5-2)18-20-11-13-21(14-12-20)31-19(3)26-15-17-30-23-10-8-7-9-22(23)26/h7-14,19,24H,4-6,15-18H2,1-3H3. The van der Waals surface area contributed by atoms with E-state index >= 15 is 0 Å². The maximum atomic E-state index is 12.2. The third-order valence-electron chi connectivity index (χ3n) is 5.22. The zero-order chi connectivity index (χ0) is 22.1. The van der Waals surface area contributed by atoms with Crippen LogP contribution in [0.2, 0.25) is 0 Å². The summed E-state index contributed by atoms with van der Waals surface area (Å²) < 4.78 is 22.9. The van der Waals surface area contributed by atoms with E-state index in [4.69, 9.17) is 18.9 Å². The van der Waals surface area contributed by atoms with Crippen LogP contribution in [0.15, 0.2) is 48.5 Å². The highest BCUT2D eigenvalue weighted by Gasteiger charge is 2.24. The van der Waals surface area contributed by atoms with Gasteiger partial charge in [-0.25, -0.2) is 4.79 Å². The zero-order valence-corrected chi connectivity index (χ0v) is 18.7. The number of carbonyl (C=O) groups excluding carboxylic acids is 1. The third kappa shape index (κ3) is 6.37. The number of nitrogens with zero attached hydrogens (tertiary/aromatic N) is 1.